The lowest BCUT2D eigenvalue weighted by Gasteiger charge is -2.31. The fourth-order valence-electron chi connectivity index (χ4n) is 3.13. The number of benzene rings is 1. The van der Waals surface area contributed by atoms with E-state index < -0.39 is 0 Å². The normalized spacial score (nSPS) is 23.4. The minimum Gasteiger partial charge on any atom is -0.380 e. The Hall–Kier alpha value is -0.900. The lowest BCUT2D eigenvalue weighted by Crippen LogP contribution is -2.38. The fourth-order valence-corrected chi connectivity index (χ4v) is 3.13. The summed E-state index contributed by atoms with van der Waals surface area (Å²) in [5, 5.41) is 3.57. The Kier molecular flexibility index (Phi) is 5.28. The van der Waals surface area contributed by atoms with Crippen LogP contribution in [-0.4, -0.2) is 43.8 Å². The molecule has 21 heavy (non-hydrogen) atoms. The van der Waals surface area contributed by atoms with Gasteiger partial charge in [-0.15, -0.1) is 0 Å². The summed E-state index contributed by atoms with van der Waals surface area (Å²) in [6.45, 7) is 4.45. The molecule has 3 rings (SSSR count). The third-order valence-electron chi connectivity index (χ3n) is 4.65. The summed E-state index contributed by atoms with van der Waals surface area (Å²) in [4.78, 5) is 2.52. The van der Waals surface area contributed by atoms with E-state index in [1.54, 1.807) is 0 Å². The molecule has 1 atom stereocenters. The van der Waals surface area contributed by atoms with Crippen LogP contribution in [-0.2, 0) is 17.7 Å². The van der Waals surface area contributed by atoms with Gasteiger partial charge < -0.3 is 10.1 Å². The average molecular weight is 288 g/mol. The zero-order chi connectivity index (χ0) is 14.5. The standard InChI is InChI=1S/C18H28N2O/c1-21-18-3-2-12-20(14-18)13-16-6-4-15(5-7-16)10-11-19-17-8-9-17/h4-7,17-19H,2-3,8-14H2,1H3. The Bertz CT molecular complexity index is 427. The van der Waals surface area contributed by atoms with Crippen LogP contribution in [0.2, 0.25) is 0 Å². The van der Waals surface area contributed by atoms with Crippen molar-refractivity contribution in [1.29, 1.82) is 0 Å². The van der Waals surface area contributed by atoms with E-state index in [0.717, 1.165) is 32.1 Å². The van der Waals surface area contributed by atoms with Crippen molar-refractivity contribution in [2.24, 2.45) is 0 Å². The van der Waals surface area contributed by atoms with E-state index in [-0.39, 0.29) is 0 Å². The molecule has 116 valence electrons. The maximum absolute atomic E-state index is 5.50. The topological polar surface area (TPSA) is 24.5 Å². The number of methoxy groups -OCH3 is 1. The molecule has 3 heteroatoms. The van der Waals surface area contributed by atoms with Crippen LogP contribution in [0, 0.1) is 0 Å². The van der Waals surface area contributed by atoms with Crippen molar-refractivity contribution in [1.82, 2.24) is 10.2 Å². The monoisotopic (exact) mass is 288 g/mol. The highest BCUT2D eigenvalue weighted by Gasteiger charge is 2.20. The van der Waals surface area contributed by atoms with E-state index in [1.807, 2.05) is 7.11 Å². The summed E-state index contributed by atoms with van der Waals surface area (Å²) in [6.07, 6.45) is 6.77. The number of likely N-dealkylation sites (tertiary alicyclic amines) is 1. The molecular weight excluding hydrogens is 260 g/mol. The van der Waals surface area contributed by atoms with Gasteiger partial charge in [0.2, 0.25) is 0 Å². The highest BCUT2D eigenvalue weighted by atomic mass is 16.5. The largest absolute Gasteiger partial charge is 0.380 e. The third-order valence-corrected chi connectivity index (χ3v) is 4.65. The Morgan fingerprint density at radius 3 is 2.62 bits per heavy atom. The van der Waals surface area contributed by atoms with Crippen molar-refractivity contribution in [2.45, 2.75) is 50.8 Å². The second-order valence-electron chi connectivity index (χ2n) is 6.53. The first-order valence-electron chi connectivity index (χ1n) is 8.40. The Labute approximate surface area is 128 Å². The van der Waals surface area contributed by atoms with Gasteiger partial charge in [0.05, 0.1) is 6.10 Å². The summed E-state index contributed by atoms with van der Waals surface area (Å²) in [5.74, 6) is 0. The molecule has 1 aliphatic carbocycles. The summed E-state index contributed by atoms with van der Waals surface area (Å²) < 4.78 is 5.50. The number of nitrogens with one attached hydrogen (secondary N) is 1. The van der Waals surface area contributed by atoms with Crippen molar-refractivity contribution in [2.75, 3.05) is 26.7 Å². The van der Waals surface area contributed by atoms with Crippen molar-refractivity contribution in [3.05, 3.63) is 35.4 Å². The minimum atomic E-state index is 0.423. The van der Waals surface area contributed by atoms with Crippen molar-refractivity contribution < 1.29 is 4.74 Å². The molecule has 1 N–H and O–H groups in total. The summed E-state index contributed by atoms with van der Waals surface area (Å²) in [7, 11) is 1.83. The Morgan fingerprint density at radius 1 is 1.14 bits per heavy atom. The lowest BCUT2D eigenvalue weighted by atomic mass is 10.1. The average Bonchev–Trinajstić information content (AvgIpc) is 3.34. The van der Waals surface area contributed by atoms with Gasteiger partial charge >= 0.3 is 0 Å². The molecule has 0 radical (unpaired) electrons. The van der Waals surface area contributed by atoms with Crippen molar-refractivity contribution in [3.8, 4) is 0 Å². The van der Waals surface area contributed by atoms with Gasteiger partial charge in [-0.05, 0) is 56.3 Å². The van der Waals surface area contributed by atoms with Gasteiger partial charge in [0, 0.05) is 26.2 Å². The van der Waals surface area contributed by atoms with Crippen LogP contribution in [0.3, 0.4) is 0 Å². The van der Waals surface area contributed by atoms with Crippen LogP contribution in [0.15, 0.2) is 24.3 Å². The van der Waals surface area contributed by atoms with Crippen LogP contribution in [0.5, 0.6) is 0 Å². The lowest BCUT2D eigenvalue weighted by molar-refractivity contribution is 0.0285. The number of ether oxygens (including phenoxy) is 1. The highest BCUT2D eigenvalue weighted by Crippen LogP contribution is 2.19. The van der Waals surface area contributed by atoms with E-state index in [1.165, 1.54) is 43.4 Å². The smallest absolute Gasteiger partial charge is 0.0698 e. The van der Waals surface area contributed by atoms with E-state index >= 15 is 0 Å². The minimum absolute atomic E-state index is 0.423. The predicted octanol–water partition coefficient (Wildman–Crippen LogP) is 2.59. The van der Waals surface area contributed by atoms with Crippen LogP contribution >= 0.6 is 0 Å². The van der Waals surface area contributed by atoms with Gasteiger partial charge in [-0.1, -0.05) is 24.3 Å². The van der Waals surface area contributed by atoms with Gasteiger partial charge in [-0.25, -0.2) is 0 Å². The molecule has 1 aromatic rings. The van der Waals surface area contributed by atoms with Gasteiger partial charge in [-0.2, -0.15) is 0 Å². The molecule has 1 saturated heterocycles. The number of rotatable bonds is 7. The first-order valence-corrected chi connectivity index (χ1v) is 8.40. The molecule has 1 saturated carbocycles. The van der Waals surface area contributed by atoms with Crippen LogP contribution in [0.1, 0.15) is 36.8 Å². The van der Waals surface area contributed by atoms with Gasteiger partial charge in [-0.3, -0.25) is 4.90 Å². The predicted molar refractivity (Wildman–Crippen MR) is 86.5 cm³/mol. The molecule has 0 bridgehead atoms. The molecule has 0 amide bonds. The first-order chi connectivity index (χ1) is 10.3. The molecule has 2 fully saturated rings. The zero-order valence-corrected chi connectivity index (χ0v) is 13.2. The maximum Gasteiger partial charge on any atom is 0.0698 e. The molecule has 0 aromatic heterocycles. The number of hydrogen-bond donors (Lipinski definition) is 1. The molecule has 1 unspecified atom stereocenters. The molecule has 2 aliphatic rings. The molecule has 1 aromatic carbocycles. The first kappa shape index (κ1) is 15.0. The summed E-state index contributed by atoms with van der Waals surface area (Å²) in [6, 6.07) is 9.99. The van der Waals surface area contributed by atoms with E-state index in [9.17, 15) is 0 Å². The maximum atomic E-state index is 5.50. The van der Waals surface area contributed by atoms with Crippen molar-refractivity contribution >= 4 is 0 Å². The van der Waals surface area contributed by atoms with Gasteiger partial charge in [0.25, 0.3) is 0 Å². The van der Waals surface area contributed by atoms with E-state index in [0.29, 0.717) is 6.10 Å². The van der Waals surface area contributed by atoms with Gasteiger partial charge in [0.15, 0.2) is 0 Å². The van der Waals surface area contributed by atoms with E-state index in [2.05, 4.69) is 34.5 Å². The second-order valence-corrected chi connectivity index (χ2v) is 6.53. The summed E-state index contributed by atoms with van der Waals surface area (Å²) >= 11 is 0. The third kappa shape index (κ3) is 4.80. The van der Waals surface area contributed by atoms with Crippen LogP contribution in [0.25, 0.3) is 0 Å². The summed E-state index contributed by atoms with van der Waals surface area (Å²) in [5.41, 5.74) is 2.87. The SMILES string of the molecule is COC1CCCN(Cc2ccc(CCNC3CC3)cc2)C1. The quantitative estimate of drug-likeness (QED) is 0.834. The van der Waals surface area contributed by atoms with E-state index in [4.69, 9.17) is 4.74 Å². The fraction of sp³-hybridized carbons (Fsp3) is 0.667. The molecule has 1 aliphatic heterocycles. The number of nitrogens with zero attached hydrogens (tertiary/aromatic N) is 1. The Morgan fingerprint density at radius 2 is 1.90 bits per heavy atom. The second kappa shape index (κ2) is 7.39. The number of piperidine rings is 1. The highest BCUT2D eigenvalue weighted by molar-refractivity contribution is 5.23. The zero-order valence-electron chi connectivity index (χ0n) is 13.2. The molecule has 1 heterocycles. The molecule has 0 spiro atoms. The van der Waals surface area contributed by atoms with Gasteiger partial charge in [0.1, 0.15) is 0 Å². The van der Waals surface area contributed by atoms with Crippen LogP contribution < -0.4 is 5.32 Å². The Balaban J connectivity index is 1.44. The van der Waals surface area contributed by atoms with Crippen molar-refractivity contribution in [3.63, 3.8) is 0 Å². The molecule has 3 nitrogen and oxygen atoms in total. The number of hydrogen-bond acceptors (Lipinski definition) is 3. The molecular formula is C18H28N2O. The van der Waals surface area contributed by atoms with Crippen LogP contribution in [0.4, 0.5) is 0 Å².